The Labute approximate surface area is 120 Å². The van der Waals surface area contributed by atoms with Gasteiger partial charge in [0.15, 0.2) is 0 Å². The van der Waals surface area contributed by atoms with Crippen molar-refractivity contribution in [2.24, 2.45) is 5.92 Å². The van der Waals surface area contributed by atoms with E-state index in [-0.39, 0.29) is 12.1 Å². The molecule has 0 aliphatic carbocycles. The highest BCUT2D eigenvalue weighted by molar-refractivity contribution is 6.04. The lowest BCUT2D eigenvalue weighted by Gasteiger charge is -2.15. The Balaban J connectivity index is 2.11. The van der Waals surface area contributed by atoms with Crippen LogP contribution in [-0.2, 0) is 4.74 Å². The summed E-state index contributed by atoms with van der Waals surface area (Å²) in [5.41, 5.74) is 0.590. The Morgan fingerprint density at radius 2 is 2.00 bits per heavy atom. The van der Waals surface area contributed by atoms with Gasteiger partial charge < -0.3 is 4.74 Å². The number of pyridine rings is 1. The molecule has 0 aliphatic heterocycles. The fraction of sp³-hybridized carbons (Fsp3) is 0.412. The lowest BCUT2D eigenvalue weighted by molar-refractivity contribution is 0.0316. The van der Waals surface area contributed by atoms with E-state index in [0.717, 1.165) is 23.6 Å². The summed E-state index contributed by atoms with van der Waals surface area (Å²) in [6, 6.07) is 7.53. The van der Waals surface area contributed by atoms with Gasteiger partial charge in [-0.05, 0) is 43.2 Å². The third kappa shape index (κ3) is 3.56. The Morgan fingerprint density at radius 1 is 1.20 bits per heavy atom. The van der Waals surface area contributed by atoms with Crippen LogP contribution in [0.3, 0.4) is 0 Å². The summed E-state index contributed by atoms with van der Waals surface area (Å²) in [5, 5.41) is 1.85. The molecule has 0 radical (unpaired) electrons. The van der Waals surface area contributed by atoms with Gasteiger partial charge in [-0.25, -0.2) is 4.79 Å². The summed E-state index contributed by atoms with van der Waals surface area (Å²) in [4.78, 5) is 16.4. The number of carbonyl (C=O) groups is 1. The minimum atomic E-state index is -0.264. The first-order valence-electron chi connectivity index (χ1n) is 7.11. The Kier molecular flexibility index (Phi) is 4.72. The molecule has 20 heavy (non-hydrogen) atoms. The Morgan fingerprint density at radius 3 is 2.75 bits per heavy atom. The molecule has 2 rings (SSSR count). The van der Waals surface area contributed by atoms with E-state index in [1.165, 1.54) is 0 Å². The monoisotopic (exact) mass is 271 g/mol. The fourth-order valence-corrected chi connectivity index (χ4v) is 2.16. The second-order valence-electron chi connectivity index (χ2n) is 5.59. The molecule has 0 saturated heterocycles. The van der Waals surface area contributed by atoms with Gasteiger partial charge in [0.1, 0.15) is 0 Å². The van der Waals surface area contributed by atoms with Crippen molar-refractivity contribution < 1.29 is 9.53 Å². The van der Waals surface area contributed by atoms with E-state index in [1.54, 1.807) is 18.5 Å². The van der Waals surface area contributed by atoms with Crippen molar-refractivity contribution in [2.75, 3.05) is 0 Å². The number of esters is 1. The predicted molar refractivity (Wildman–Crippen MR) is 80.7 cm³/mol. The average Bonchev–Trinajstić information content (AvgIpc) is 2.44. The summed E-state index contributed by atoms with van der Waals surface area (Å²) >= 11 is 0. The molecular formula is C17H21NO2. The molecule has 2 aromatic rings. The van der Waals surface area contributed by atoms with Crippen LogP contribution in [0.2, 0.25) is 0 Å². The number of hydrogen-bond donors (Lipinski definition) is 0. The average molecular weight is 271 g/mol. The van der Waals surface area contributed by atoms with Gasteiger partial charge in [0.25, 0.3) is 0 Å². The van der Waals surface area contributed by atoms with Crippen LogP contribution < -0.4 is 0 Å². The minimum Gasteiger partial charge on any atom is -0.459 e. The van der Waals surface area contributed by atoms with Crippen molar-refractivity contribution in [3.8, 4) is 0 Å². The molecule has 1 aromatic heterocycles. The minimum absolute atomic E-state index is 0.0585. The molecule has 0 N–H and O–H groups in total. The van der Waals surface area contributed by atoms with Crippen LogP contribution in [0, 0.1) is 5.92 Å². The maximum absolute atomic E-state index is 12.3. The van der Waals surface area contributed by atoms with Crippen LogP contribution >= 0.6 is 0 Å². The molecule has 0 bridgehead atoms. The zero-order valence-corrected chi connectivity index (χ0v) is 12.3. The van der Waals surface area contributed by atoms with E-state index >= 15 is 0 Å². The van der Waals surface area contributed by atoms with E-state index in [4.69, 9.17) is 4.74 Å². The fourth-order valence-electron chi connectivity index (χ4n) is 2.16. The number of fused-ring (bicyclic) bond motifs is 1. The molecular weight excluding hydrogens is 250 g/mol. The zero-order chi connectivity index (χ0) is 14.5. The maximum Gasteiger partial charge on any atom is 0.339 e. The van der Waals surface area contributed by atoms with E-state index in [2.05, 4.69) is 18.8 Å². The number of hydrogen-bond acceptors (Lipinski definition) is 3. The maximum atomic E-state index is 12.3. The summed E-state index contributed by atoms with van der Waals surface area (Å²) in [6.07, 6.45) is 5.34. The van der Waals surface area contributed by atoms with Gasteiger partial charge in [-0.15, -0.1) is 0 Å². The predicted octanol–water partition coefficient (Wildman–Crippen LogP) is 4.22. The van der Waals surface area contributed by atoms with Crippen molar-refractivity contribution in [2.45, 2.75) is 39.7 Å². The van der Waals surface area contributed by atoms with Crippen LogP contribution in [0.25, 0.3) is 10.8 Å². The number of nitrogens with zero attached hydrogens (tertiary/aromatic N) is 1. The smallest absolute Gasteiger partial charge is 0.339 e. The molecule has 1 aromatic carbocycles. The molecule has 1 atom stereocenters. The first kappa shape index (κ1) is 14.5. The van der Waals surface area contributed by atoms with Crippen LogP contribution in [0.1, 0.15) is 44.0 Å². The quantitative estimate of drug-likeness (QED) is 0.764. The van der Waals surface area contributed by atoms with Gasteiger partial charge in [-0.2, -0.15) is 0 Å². The van der Waals surface area contributed by atoms with Crippen molar-refractivity contribution in [1.82, 2.24) is 4.98 Å². The molecule has 0 aliphatic rings. The molecule has 106 valence electrons. The lowest BCUT2D eigenvalue weighted by atomic mass is 10.1. The van der Waals surface area contributed by atoms with Crippen LogP contribution in [-0.4, -0.2) is 17.1 Å². The van der Waals surface area contributed by atoms with Crippen LogP contribution in [0.4, 0.5) is 0 Å². The van der Waals surface area contributed by atoms with Crippen molar-refractivity contribution in [1.29, 1.82) is 0 Å². The first-order chi connectivity index (χ1) is 9.58. The SMILES string of the molecule is CC(C)CCC(C)OC(=O)c1cccc2ccncc12. The van der Waals surface area contributed by atoms with Gasteiger partial charge in [0, 0.05) is 17.8 Å². The summed E-state index contributed by atoms with van der Waals surface area (Å²) < 4.78 is 5.53. The standard InChI is InChI=1S/C17H21NO2/c1-12(2)7-8-13(3)20-17(19)15-6-4-5-14-9-10-18-11-16(14)15/h4-6,9-13H,7-8H2,1-3H3. The molecule has 1 heterocycles. The van der Waals surface area contributed by atoms with Gasteiger partial charge in [-0.1, -0.05) is 26.0 Å². The molecule has 0 saturated carbocycles. The summed E-state index contributed by atoms with van der Waals surface area (Å²) in [7, 11) is 0. The molecule has 1 unspecified atom stereocenters. The van der Waals surface area contributed by atoms with Crippen LogP contribution in [0.5, 0.6) is 0 Å². The highest BCUT2D eigenvalue weighted by Gasteiger charge is 2.15. The third-order valence-corrected chi connectivity index (χ3v) is 3.36. The number of carbonyl (C=O) groups excluding carboxylic acids is 1. The summed E-state index contributed by atoms with van der Waals surface area (Å²) in [5.74, 6) is 0.359. The van der Waals surface area contributed by atoms with E-state index < -0.39 is 0 Å². The molecule has 0 amide bonds. The van der Waals surface area contributed by atoms with E-state index in [1.807, 2.05) is 25.1 Å². The highest BCUT2D eigenvalue weighted by atomic mass is 16.5. The van der Waals surface area contributed by atoms with Gasteiger partial charge in [0.2, 0.25) is 0 Å². The summed E-state index contributed by atoms with van der Waals surface area (Å²) in [6.45, 7) is 6.29. The highest BCUT2D eigenvalue weighted by Crippen LogP contribution is 2.19. The number of ether oxygens (including phenoxy) is 1. The van der Waals surface area contributed by atoms with E-state index in [0.29, 0.717) is 11.5 Å². The van der Waals surface area contributed by atoms with Crippen molar-refractivity contribution in [3.63, 3.8) is 0 Å². The topological polar surface area (TPSA) is 39.2 Å². The molecule has 3 nitrogen and oxygen atoms in total. The number of aromatic nitrogens is 1. The largest absolute Gasteiger partial charge is 0.459 e. The van der Waals surface area contributed by atoms with Crippen LogP contribution in [0.15, 0.2) is 36.7 Å². The van der Waals surface area contributed by atoms with Gasteiger partial charge >= 0.3 is 5.97 Å². The zero-order valence-electron chi connectivity index (χ0n) is 12.3. The Bertz CT molecular complexity index is 587. The number of rotatable bonds is 5. The molecule has 3 heteroatoms. The first-order valence-corrected chi connectivity index (χ1v) is 7.11. The molecule has 0 spiro atoms. The normalized spacial score (nSPS) is 12.6. The van der Waals surface area contributed by atoms with Crippen molar-refractivity contribution >= 4 is 16.7 Å². The third-order valence-electron chi connectivity index (χ3n) is 3.36. The molecule has 0 fully saturated rings. The van der Waals surface area contributed by atoms with Gasteiger partial charge in [0.05, 0.1) is 11.7 Å². The Hall–Kier alpha value is -1.90. The number of benzene rings is 1. The van der Waals surface area contributed by atoms with Gasteiger partial charge in [-0.3, -0.25) is 4.98 Å². The van der Waals surface area contributed by atoms with E-state index in [9.17, 15) is 4.79 Å². The van der Waals surface area contributed by atoms with Crippen molar-refractivity contribution in [3.05, 3.63) is 42.2 Å². The second kappa shape index (κ2) is 6.51. The lowest BCUT2D eigenvalue weighted by Crippen LogP contribution is -2.16. The second-order valence-corrected chi connectivity index (χ2v) is 5.59.